The molecule has 0 spiro atoms. The van der Waals surface area contributed by atoms with E-state index in [0.29, 0.717) is 17.1 Å². The van der Waals surface area contributed by atoms with Crippen molar-refractivity contribution >= 4 is 61.6 Å². The summed E-state index contributed by atoms with van der Waals surface area (Å²) in [6.07, 6.45) is 3.18. The van der Waals surface area contributed by atoms with Crippen LogP contribution in [0.15, 0.2) is 47.6 Å². The van der Waals surface area contributed by atoms with Crippen LogP contribution in [0.1, 0.15) is 14.5 Å². The van der Waals surface area contributed by atoms with Gasteiger partial charge in [0.1, 0.15) is 15.9 Å². The molecule has 12 heteroatoms. The third-order valence-electron chi connectivity index (χ3n) is 3.57. The Kier molecular flexibility index (Phi) is 4.68. The number of benzene rings is 1. The third kappa shape index (κ3) is 3.72. The van der Waals surface area contributed by atoms with Gasteiger partial charge in [0.2, 0.25) is 0 Å². The molecule has 1 aromatic carbocycles. The first-order valence-corrected chi connectivity index (χ1v) is 10.9. The molecular weight excluding hydrogens is 430 g/mol. The molecule has 138 valence electrons. The lowest BCUT2D eigenvalue weighted by molar-refractivity contribution is 0.0985. The van der Waals surface area contributed by atoms with Crippen LogP contribution >= 0.6 is 34.7 Å². The number of thiophene rings is 1. The molecule has 4 aromatic rings. The standard InChI is InChI=1S/C15H10ClN5O3S3/c16-9-6-17-21(7-9)8-10-4-5-12(25-10)15(22)20-27(23,24)13-3-1-2-11-14(13)19-26-18-11/h1-7H,8H2,(H,20,22). The van der Waals surface area contributed by atoms with E-state index in [2.05, 4.69) is 18.6 Å². The average molecular weight is 440 g/mol. The minimum Gasteiger partial charge on any atom is -0.267 e. The predicted octanol–water partition coefficient (Wildman–Crippen LogP) is 2.77. The lowest BCUT2D eigenvalue weighted by Gasteiger charge is -2.06. The van der Waals surface area contributed by atoms with Crippen molar-refractivity contribution in [2.24, 2.45) is 0 Å². The van der Waals surface area contributed by atoms with Gasteiger partial charge in [0.15, 0.2) is 0 Å². The van der Waals surface area contributed by atoms with Crippen LogP contribution in [0.4, 0.5) is 0 Å². The van der Waals surface area contributed by atoms with Crippen LogP contribution in [0, 0.1) is 0 Å². The first kappa shape index (κ1) is 18.0. The van der Waals surface area contributed by atoms with E-state index in [-0.39, 0.29) is 15.3 Å². The van der Waals surface area contributed by atoms with Crippen molar-refractivity contribution in [3.63, 3.8) is 0 Å². The Morgan fingerprint density at radius 3 is 2.85 bits per heavy atom. The van der Waals surface area contributed by atoms with Crippen LogP contribution < -0.4 is 4.72 Å². The first-order chi connectivity index (χ1) is 12.9. The number of nitrogens with zero attached hydrogens (tertiary/aromatic N) is 4. The minimum atomic E-state index is -4.07. The maximum Gasteiger partial charge on any atom is 0.275 e. The number of hydrogen-bond acceptors (Lipinski definition) is 8. The number of halogens is 1. The maximum atomic E-state index is 12.6. The molecule has 8 nitrogen and oxygen atoms in total. The summed E-state index contributed by atoms with van der Waals surface area (Å²) in [5, 5.41) is 4.59. The zero-order valence-corrected chi connectivity index (χ0v) is 16.6. The fourth-order valence-corrected chi connectivity index (χ4v) is 5.24. The molecule has 0 saturated carbocycles. The molecule has 1 amide bonds. The molecule has 27 heavy (non-hydrogen) atoms. The normalized spacial score (nSPS) is 11.7. The molecule has 4 rings (SSSR count). The molecular formula is C15H10ClN5O3S3. The van der Waals surface area contributed by atoms with E-state index in [4.69, 9.17) is 11.6 Å². The van der Waals surface area contributed by atoms with Gasteiger partial charge < -0.3 is 0 Å². The summed E-state index contributed by atoms with van der Waals surface area (Å²) >= 11 is 7.92. The summed E-state index contributed by atoms with van der Waals surface area (Å²) in [5.74, 6) is -0.704. The maximum absolute atomic E-state index is 12.6. The van der Waals surface area contributed by atoms with E-state index in [9.17, 15) is 13.2 Å². The van der Waals surface area contributed by atoms with Crippen molar-refractivity contribution in [2.75, 3.05) is 0 Å². The zero-order valence-electron chi connectivity index (χ0n) is 13.4. The van der Waals surface area contributed by atoms with Gasteiger partial charge in [0.05, 0.1) is 34.4 Å². The smallest absolute Gasteiger partial charge is 0.267 e. The summed E-state index contributed by atoms with van der Waals surface area (Å²) in [4.78, 5) is 13.5. The molecule has 0 unspecified atom stereocenters. The Morgan fingerprint density at radius 2 is 2.07 bits per heavy atom. The third-order valence-corrected chi connectivity index (χ3v) is 6.74. The monoisotopic (exact) mass is 439 g/mol. The van der Waals surface area contributed by atoms with E-state index in [1.165, 1.54) is 23.6 Å². The minimum absolute atomic E-state index is 0.0786. The predicted molar refractivity (Wildman–Crippen MR) is 103 cm³/mol. The van der Waals surface area contributed by atoms with Gasteiger partial charge in [0.25, 0.3) is 15.9 Å². The van der Waals surface area contributed by atoms with Gasteiger partial charge in [-0.2, -0.15) is 13.8 Å². The number of fused-ring (bicyclic) bond motifs is 1. The van der Waals surface area contributed by atoms with E-state index >= 15 is 0 Å². The summed E-state index contributed by atoms with van der Waals surface area (Å²) in [5.41, 5.74) is 0.705. The summed E-state index contributed by atoms with van der Waals surface area (Å²) in [7, 11) is -4.07. The second kappa shape index (κ2) is 7.00. The van der Waals surface area contributed by atoms with Crippen LogP contribution in [0.3, 0.4) is 0 Å². The average Bonchev–Trinajstić information content (AvgIpc) is 3.35. The van der Waals surface area contributed by atoms with E-state index in [0.717, 1.165) is 16.6 Å². The Morgan fingerprint density at radius 1 is 1.22 bits per heavy atom. The number of amides is 1. The van der Waals surface area contributed by atoms with Gasteiger partial charge >= 0.3 is 0 Å². The SMILES string of the molecule is O=C(NS(=O)(=O)c1cccc2nsnc12)c1ccc(Cn2cc(Cl)cn2)s1. The van der Waals surface area contributed by atoms with Crippen molar-refractivity contribution in [1.29, 1.82) is 0 Å². The summed E-state index contributed by atoms with van der Waals surface area (Å²) < 4.78 is 36.9. The van der Waals surface area contributed by atoms with Crippen molar-refractivity contribution in [3.05, 3.63) is 57.5 Å². The van der Waals surface area contributed by atoms with Crippen molar-refractivity contribution in [1.82, 2.24) is 23.2 Å². The van der Waals surface area contributed by atoms with Gasteiger partial charge in [-0.25, -0.2) is 13.1 Å². The molecule has 3 aromatic heterocycles. The highest BCUT2D eigenvalue weighted by molar-refractivity contribution is 7.90. The van der Waals surface area contributed by atoms with Crippen molar-refractivity contribution in [2.45, 2.75) is 11.4 Å². The van der Waals surface area contributed by atoms with Crippen molar-refractivity contribution < 1.29 is 13.2 Å². The van der Waals surface area contributed by atoms with Crippen molar-refractivity contribution in [3.8, 4) is 0 Å². The number of sulfonamides is 1. The second-order valence-corrected chi connectivity index (χ2v) is 9.23. The Labute approximate surface area is 166 Å². The lowest BCUT2D eigenvalue weighted by Crippen LogP contribution is -2.30. The quantitative estimate of drug-likeness (QED) is 0.512. The molecule has 0 bridgehead atoms. The van der Waals surface area contributed by atoms with Crippen LogP contribution in [-0.2, 0) is 16.6 Å². The molecule has 0 saturated heterocycles. The topological polar surface area (TPSA) is 107 Å². The first-order valence-electron chi connectivity index (χ1n) is 7.47. The van der Waals surface area contributed by atoms with E-state index in [1.54, 1.807) is 35.1 Å². The molecule has 0 aliphatic heterocycles. The van der Waals surface area contributed by atoms with E-state index < -0.39 is 15.9 Å². The molecule has 0 aliphatic carbocycles. The van der Waals surface area contributed by atoms with Crippen LogP contribution in [0.25, 0.3) is 11.0 Å². The number of rotatable bonds is 5. The number of nitrogens with one attached hydrogen (secondary N) is 1. The summed E-state index contributed by atoms with van der Waals surface area (Å²) in [6.45, 7) is 0.432. The highest BCUT2D eigenvalue weighted by Gasteiger charge is 2.23. The second-order valence-electron chi connectivity index (χ2n) is 5.44. The van der Waals surface area contributed by atoms with Crippen LogP contribution in [-0.4, -0.2) is 32.9 Å². The lowest BCUT2D eigenvalue weighted by atomic mass is 10.3. The van der Waals surface area contributed by atoms with Gasteiger partial charge in [-0.15, -0.1) is 11.3 Å². The molecule has 0 radical (unpaired) electrons. The van der Waals surface area contributed by atoms with Crippen LogP contribution in [0.2, 0.25) is 5.02 Å². The van der Waals surface area contributed by atoms with Gasteiger partial charge in [-0.3, -0.25) is 9.48 Å². The van der Waals surface area contributed by atoms with E-state index in [1.807, 2.05) is 0 Å². The van der Waals surface area contributed by atoms with Crippen LogP contribution in [0.5, 0.6) is 0 Å². The molecule has 0 fully saturated rings. The van der Waals surface area contributed by atoms with Gasteiger partial charge in [0, 0.05) is 11.1 Å². The molecule has 1 N–H and O–H groups in total. The number of aromatic nitrogens is 4. The number of carbonyl (C=O) groups excluding carboxylic acids is 1. The molecule has 0 aliphatic rings. The highest BCUT2D eigenvalue weighted by Crippen LogP contribution is 2.22. The molecule has 3 heterocycles. The Bertz CT molecular complexity index is 1240. The van der Waals surface area contributed by atoms with Gasteiger partial charge in [-0.05, 0) is 24.3 Å². The Hall–Kier alpha value is -2.34. The fraction of sp³-hybridized carbons (Fsp3) is 0.0667. The fourth-order valence-electron chi connectivity index (χ4n) is 2.39. The molecule has 0 atom stereocenters. The summed E-state index contributed by atoms with van der Waals surface area (Å²) in [6, 6.07) is 7.92. The largest absolute Gasteiger partial charge is 0.275 e. The number of hydrogen-bond donors (Lipinski definition) is 1. The van der Waals surface area contributed by atoms with Gasteiger partial charge in [-0.1, -0.05) is 17.7 Å². The highest BCUT2D eigenvalue weighted by atomic mass is 35.5. The number of carbonyl (C=O) groups is 1. The zero-order chi connectivity index (χ0) is 19.0. The Balaban J connectivity index is 1.54.